The van der Waals surface area contributed by atoms with Gasteiger partial charge >= 0.3 is 0 Å². The third-order valence-corrected chi connectivity index (χ3v) is 5.90. The Balaban J connectivity index is 1.49. The van der Waals surface area contributed by atoms with E-state index in [1.807, 2.05) is 0 Å². The van der Waals surface area contributed by atoms with Crippen LogP contribution >= 0.6 is 0 Å². The number of carbonyl (C=O) groups excluding carboxylic acids is 1. The Hall–Kier alpha value is -2.17. The van der Waals surface area contributed by atoms with Crippen LogP contribution in [0.5, 0.6) is 0 Å². The van der Waals surface area contributed by atoms with Crippen LogP contribution in [0, 0.1) is 6.92 Å². The molecule has 3 rings (SSSR count). The molecule has 1 aliphatic heterocycles. The Labute approximate surface area is 169 Å². The van der Waals surface area contributed by atoms with Crippen molar-refractivity contribution in [2.75, 3.05) is 26.2 Å². The van der Waals surface area contributed by atoms with E-state index >= 15 is 0 Å². The summed E-state index contributed by atoms with van der Waals surface area (Å²) in [5.74, 6) is 0.108. The molecule has 1 amide bonds. The molecule has 0 radical (unpaired) electrons. The molecule has 0 saturated carbocycles. The van der Waals surface area contributed by atoms with E-state index in [4.69, 9.17) is 0 Å². The van der Waals surface area contributed by atoms with Crippen LogP contribution in [0.2, 0.25) is 0 Å². The van der Waals surface area contributed by atoms with Crippen LogP contribution < -0.4 is 5.32 Å². The molecule has 28 heavy (non-hydrogen) atoms. The van der Waals surface area contributed by atoms with Gasteiger partial charge in [0.1, 0.15) is 0 Å². The summed E-state index contributed by atoms with van der Waals surface area (Å²) in [6.07, 6.45) is 1.12. The number of amides is 1. The van der Waals surface area contributed by atoms with E-state index in [0.717, 1.165) is 31.6 Å². The molecule has 150 valence electrons. The van der Waals surface area contributed by atoms with E-state index in [9.17, 15) is 4.79 Å². The normalized spacial score (nSPS) is 18.4. The Morgan fingerprint density at radius 2 is 1.89 bits per heavy atom. The minimum absolute atomic E-state index is 0.108. The minimum Gasteiger partial charge on any atom is -0.351 e. The van der Waals surface area contributed by atoms with Crippen molar-refractivity contribution in [3.05, 3.63) is 71.3 Å². The first kappa shape index (κ1) is 20.6. The number of nitrogens with one attached hydrogen (secondary N) is 1. The second-order valence-electron chi connectivity index (χ2n) is 7.85. The number of likely N-dealkylation sites (tertiary alicyclic amines) is 1. The molecule has 2 atom stereocenters. The largest absolute Gasteiger partial charge is 0.351 e. The van der Waals surface area contributed by atoms with Gasteiger partial charge in [0, 0.05) is 31.7 Å². The van der Waals surface area contributed by atoms with Gasteiger partial charge in [-0.2, -0.15) is 0 Å². The number of benzene rings is 2. The molecule has 1 heterocycles. The lowest BCUT2D eigenvalue weighted by atomic mass is 10.1. The van der Waals surface area contributed by atoms with Gasteiger partial charge in [0.2, 0.25) is 5.91 Å². The zero-order valence-electron chi connectivity index (χ0n) is 17.4. The lowest BCUT2D eigenvalue weighted by Gasteiger charge is -2.29. The Bertz CT molecular complexity index is 744. The van der Waals surface area contributed by atoms with Crippen LogP contribution in [-0.2, 0) is 11.3 Å². The molecule has 4 heteroatoms. The summed E-state index contributed by atoms with van der Waals surface area (Å²) in [5, 5.41) is 3.07. The van der Waals surface area contributed by atoms with E-state index in [2.05, 4.69) is 90.5 Å². The van der Waals surface area contributed by atoms with Crippen molar-refractivity contribution in [2.45, 2.75) is 45.8 Å². The number of carbonyl (C=O) groups is 1. The van der Waals surface area contributed by atoms with E-state index < -0.39 is 0 Å². The number of likely N-dealkylation sites (N-methyl/N-ethyl adjacent to an activating group) is 1. The maximum atomic E-state index is 12.5. The van der Waals surface area contributed by atoms with Gasteiger partial charge in [-0.15, -0.1) is 0 Å². The Kier molecular flexibility index (Phi) is 7.24. The maximum absolute atomic E-state index is 12.5. The van der Waals surface area contributed by atoms with Crippen molar-refractivity contribution in [3.63, 3.8) is 0 Å². The fourth-order valence-corrected chi connectivity index (χ4v) is 4.01. The van der Waals surface area contributed by atoms with Gasteiger partial charge in [0.25, 0.3) is 0 Å². The van der Waals surface area contributed by atoms with Gasteiger partial charge in [0.05, 0.1) is 6.54 Å². The van der Waals surface area contributed by atoms with Crippen molar-refractivity contribution in [2.24, 2.45) is 0 Å². The summed E-state index contributed by atoms with van der Waals surface area (Å²) < 4.78 is 0. The number of hydrogen-bond donors (Lipinski definition) is 1. The Morgan fingerprint density at radius 3 is 2.57 bits per heavy atom. The number of rotatable bonds is 8. The first-order chi connectivity index (χ1) is 13.6. The predicted molar refractivity (Wildman–Crippen MR) is 115 cm³/mol. The van der Waals surface area contributed by atoms with Crippen LogP contribution in [0.1, 0.15) is 43.0 Å². The van der Waals surface area contributed by atoms with Crippen molar-refractivity contribution >= 4 is 5.91 Å². The van der Waals surface area contributed by atoms with Crippen molar-refractivity contribution in [3.8, 4) is 0 Å². The average molecular weight is 380 g/mol. The lowest BCUT2D eigenvalue weighted by Crippen LogP contribution is -2.44. The molecule has 2 unspecified atom stereocenters. The lowest BCUT2D eigenvalue weighted by molar-refractivity contribution is -0.122. The van der Waals surface area contributed by atoms with Crippen LogP contribution in [0.4, 0.5) is 0 Å². The molecule has 4 nitrogen and oxygen atoms in total. The summed E-state index contributed by atoms with van der Waals surface area (Å²) in [6, 6.07) is 19.9. The molecule has 1 aliphatic rings. The number of nitrogens with zero attached hydrogens (tertiary/aromatic N) is 2. The molecule has 0 aliphatic carbocycles. The molecular formula is C24H33N3O. The minimum atomic E-state index is 0.108. The maximum Gasteiger partial charge on any atom is 0.234 e. The second-order valence-corrected chi connectivity index (χ2v) is 7.85. The third kappa shape index (κ3) is 5.43. The van der Waals surface area contributed by atoms with Gasteiger partial charge in [0.15, 0.2) is 0 Å². The number of hydrogen-bond acceptors (Lipinski definition) is 3. The van der Waals surface area contributed by atoms with E-state index in [-0.39, 0.29) is 5.91 Å². The summed E-state index contributed by atoms with van der Waals surface area (Å²) in [4.78, 5) is 17.3. The van der Waals surface area contributed by atoms with E-state index in [1.54, 1.807) is 0 Å². The molecular weight excluding hydrogens is 346 g/mol. The van der Waals surface area contributed by atoms with Gasteiger partial charge in [-0.3, -0.25) is 14.6 Å². The first-order valence-electron chi connectivity index (χ1n) is 10.4. The molecule has 0 bridgehead atoms. The van der Waals surface area contributed by atoms with Crippen LogP contribution in [0.15, 0.2) is 54.6 Å². The smallest absolute Gasteiger partial charge is 0.234 e. The molecule has 0 aromatic heterocycles. The van der Waals surface area contributed by atoms with Crippen LogP contribution in [-0.4, -0.2) is 47.9 Å². The van der Waals surface area contributed by atoms with Crippen LogP contribution in [0.25, 0.3) is 0 Å². The average Bonchev–Trinajstić information content (AvgIpc) is 3.21. The topological polar surface area (TPSA) is 35.6 Å². The molecule has 1 saturated heterocycles. The van der Waals surface area contributed by atoms with Gasteiger partial charge in [-0.1, -0.05) is 67.1 Å². The molecule has 2 aromatic rings. The standard InChI is InChI=1S/C24H33N3O/c1-4-26(18-24(28)25-16-21-12-10-19(2)11-13-21)23-14-15-27(17-23)20(3)22-8-6-5-7-9-22/h5-13,20,23H,4,14-18H2,1-3H3,(H,25,28). The highest BCUT2D eigenvalue weighted by Crippen LogP contribution is 2.26. The molecule has 1 fully saturated rings. The molecule has 1 N–H and O–H groups in total. The summed E-state index contributed by atoms with van der Waals surface area (Å²) in [7, 11) is 0. The highest BCUT2D eigenvalue weighted by Gasteiger charge is 2.30. The molecule has 0 spiro atoms. The highest BCUT2D eigenvalue weighted by atomic mass is 16.2. The fourth-order valence-electron chi connectivity index (χ4n) is 4.01. The zero-order valence-corrected chi connectivity index (χ0v) is 17.4. The third-order valence-electron chi connectivity index (χ3n) is 5.90. The van der Waals surface area contributed by atoms with Gasteiger partial charge in [-0.25, -0.2) is 0 Å². The van der Waals surface area contributed by atoms with E-state index in [0.29, 0.717) is 25.2 Å². The number of aryl methyl sites for hydroxylation is 1. The zero-order chi connectivity index (χ0) is 19.9. The second kappa shape index (κ2) is 9.85. The predicted octanol–water partition coefficient (Wildman–Crippen LogP) is 3.77. The van der Waals surface area contributed by atoms with Crippen molar-refractivity contribution in [1.29, 1.82) is 0 Å². The summed E-state index contributed by atoms with van der Waals surface area (Å²) in [6.45, 7) is 10.6. The quantitative estimate of drug-likeness (QED) is 0.758. The van der Waals surface area contributed by atoms with Gasteiger partial charge in [-0.05, 0) is 37.9 Å². The van der Waals surface area contributed by atoms with Crippen molar-refractivity contribution < 1.29 is 4.79 Å². The molecule has 2 aromatic carbocycles. The monoisotopic (exact) mass is 379 g/mol. The highest BCUT2D eigenvalue weighted by molar-refractivity contribution is 5.78. The van der Waals surface area contributed by atoms with Crippen molar-refractivity contribution in [1.82, 2.24) is 15.1 Å². The van der Waals surface area contributed by atoms with Crippen LogP contribution in [0.3, 0.4) is 0 Å². The SMILES string of the molecule is CCN(CC(=O)NCc1ccc(C)cc1)C1CCN(C(C)c2ccccc2)C1. The first-order valence-corrected chi connectivity index (χ1v) is 10.4. The van der Waals surface area contributed by atoms with E-state index in [1.165, 1.54) is 11.1 Å². The van der Waals surface area contributed by atoms with Gasteiger partial charge < -0.3 is 5.32 Å². The Morgan fingerprint density at radius 1 is 1.18 bits per heavy atom. The summed E-state index contributed by atoms with van der Waals surface area (Å²) >= 11 is 0. The summed E-state index contributed by atoms with van der Waals surface area (Å²) in [5.41, 5.74) is 3.75. The fraction of sp³-hybridized carbons (Fsp3) is 0.458.